The lowest BCUT2D eigenvalue weighted by Crippen LogP contribution is -2.45. The highest BCUT2D eigenvalue weighted by molar-refractivity contribution is 6.29. The van der Waals surface area contributed by atoms with Crippen LogP contribution in [0.1, 0.15) is 12.0 Å². The fourth-order valence-corrected chi connectivity index (χ4v) is 1.99. The molecule has 1 aliphatic rings. The quantitative estimate of drug-likeness (QED) is 0.910. The van der Waals surface area contributed by atoms with Gasteiger partial charge in [0.25, 0.3) is 0 Å². The minimum Gasteiger partial charge on any atom is -0.333 e. The average molecular weight is 291 g/mol. The first kappa shape index (κ1) is 12.6. The van der Waals surface area contributed by atoms with Gasteiger partial charge in [-0.2, -0.15) is 5.10 Å². The van der Waals surface area contributed by atoms with Crippen LogP contribution in [-0.4, -0.2) is 30.6 Å². The van der Waals surface area contributed by atoms with Gasteiger partial charge in [-0.1, -0.05) is 11.6 Å². The molecule has 1 N–H and O–H groups in total. The third-order valence-electron chi connectivity index (χ3n) is 2.80. The lowest BCUT2D eigenvalue weighted by Gasteiger charge is -2.33. The highest BCUT2D eigenvalue weighted by Gasteiger charge is 2.23. The second-order valence-electron chi connectivity index (χ2n) is 4.19. The largest absolute Gasteiger partial charge is 0.333 e. The Morgan fingerprint density at radius 2 is 2.25 bits per heavy atom. The zero-order chi connectivity index (χ0) is 13.9. The molecule has 1 atom stereocenters. The van der Waals surface area contributed by atoms with E-state index in [0.717, 1.165) is 5.69 Å². The molecular formula is C12H11ClN6O. The number of halogens is 1. The number of rotatable bonds is 3. The molecule has 20 heavy (non-hydrogen) atoms. The lowest BCUT2D eigenvalue weighted by atomic mass is 10.3. The van der Waals surface area contributed by atoms with Gasteiger partial charge in [0.1, 0.15) is 5.15 Å². The smallest absolute Gasteiger partial charge is 0.248 e. The number of nitrogens with one attached hydrogen (secondary N) is 1. The van der Waals surface area contributed by atoms with Gasteiger partial charge in [0.2, 0.25) is 12.2 Å². The van der Waals surface area contributed by atoms with E-state index in [2.05, 4.69) is 20.4 Å². The minimum atomic E-state index is -0.389. The van der Waals surface area contributed by atoms with Crippen LogP contribution in [0.15, 0.2) is 43.1 Å². The van der Waals surface area contributed by atoms with Crippen molar-refractivity contribution in [1.82, 2.24) is 30.0 Å². The Kier molecular flexibility index (Phi) is 3.34. The Hall–Kier alpha value is -2.41. The lowest BCUT2D eigenvalue weighted by molar-refractivity contribution is -0.120. The summed E-state index contributed by atoms with van der Waals surface area (Å²) in [5, 5.41) is 7.32. The van der Waals surface area contributed by atoms with Crippen molar-refractivity contribution in [3.8, 4) is 0 Å². The van der Waals surface area contributed by atoms with Crippen LogP contribution >= 0.6 is 11.6 Å². The topological polar surface area (TPSA) is 75.9 Å². The second-order valence-corrected chi connectivity index (χ2v) is 4.57. The number of aromatic nitrogens is 4. The molecule has 0 saturated carbocycles. The van der Waals surface area contributed by atoms with Crippen molar-refractivity contribution in [3.63, 3.8) is 0 Å². The number of carbonyl (C=O) groups is 1. The van der Waals surface area contributed by atoms with Gasteiger partial charge in [0, 0.05) is 24.7 Å². The van der Waals surface area contributed by atoms with Crippen molar-refractivity contribution in [2.24, 2.45) is 0 Å². The molecule has 3 heterocycles. The second kappa shape index (κ2) is 5.30. The highest BCUT2D eigenvalue weighted by atomic mass is 35.5. The molecule has 0 saturated heterocycles. The first-order chi connectivity index (χ1) is 9.72. The predicted octanol–water partition coefficient (Wildman–Crippen LogP) is 0.928. The fourth-order valence-electron chi connectivity index (χ4n) is 1.89. The Morgan fingerprint density at radius 1 is 1.35 bits per heavy atom. The SMILES string of the molecule is O=C1C=CN(Cc2cnc(Cl)cn2)C(n2cccn2)N1. The van der Waals surface area contributed by atoms with Crippen LogP contribution < -0.4 is 5.32 Å². The van der Waals surface area contributed by atoms with Gasteiger partial charge < -0.3 is 10.2 Å². The van der Waals surface area contributed by atoms with Crippen LogP contribution in [0.25, 0.3) is 0 Å². The van der Waals surface area contributed by atoms with Gasteiger partial charge in [-0.25, -0.2) is 9.67 Å². The number of hydrogen-bond donors (Lipinski definition) is 1. The Bertz CT molecular complexity index is 624. The molecule has 1 amide bonds. The van der Waals surface area contributed by atoms with Crippen molar-refractivity contribution in [1.29, 1.82) is 0 Å². The van der Waals surface area contributed by atoms with E-state index in [-0.39, 0.29) is 12.2 Å². The van der Waals surface area contributed by atoms with Crippen molar-refractivity contribution >= 4 is 17.5 Å². The summed E-state index contributed by atoms with van der Waals surface area (Å²) in [7, 11) is 0. The molecule has 0 radical (unpaired) electrons. The van der Waals surface area contributed by atoms with E-state index < -0.39 is 0 Å². The van der Waals surface area contributed by atoms with Crippen molar-refractivity contribution in [3.05, 3.63) is 54.0 Å². The number of carbonyl (C=O) groups excluding carboxylic acids is 1. The standard InChI is InChI=1S/C12H11ClN6O/c13-10-7-14-9(6-15-10)8-18-5-2-11(20)17-12(18)19-4-1-3-16-19/h1-7,12H,8H2,(H,17,20). The van der Waals surface area contributed by atoms with Crippen LogP contribution in [-0.2, 0) is 11.3 Å². The van der Waals surface area contributed by atoms with Crippen molar-refractivity contribution in [2.45, 2.75) is 12.8 Å². The molecule has 3 rings (SSSR count). The minimum absolute atomic E-state index is 0.163. The normalized spacial score (nSPS) is 18.1. The van der Waals surface area contributed by atoms with E-state index in [9.17, 15) is 4.79 Å². The summed E-state index contributed by atoms with van der Waals surface area (Å²) >= 11 is 5.71. The summed E-state index contributed by atoms with van der Waals surface area (Å²) in [4.78, 5) is 21.6. The maximum Gasteiger partial charge on any atom is 0.248 e. The first-order valence-corrected chi connectivity index (χ1v) is 6.30. The summed E-state index contributed by atoms with van der Waals surface area (Å²) in [6, 6.07) is 1.80. The molecule has 0 aromatic carbocycles. The monoisotopic (exact) mass is 290 g/mol. The molecule has 0 fully saturated rings. The number of amides is 1. The molecule has 1 unspecified atom stereocenters. The fraction of sp³-hybridized carbons (Fsp3) is 0.167. The van der Waals surface area contributed by atoms with Gasteiger partial charge in [-0.3, -0.25) is 9.78 Å². The summed E-state index contributed by atoms with van der Waals surface area (Å²) in [6.45, 7) is 0.478. The Morgan fingerprint density at radius 3 is 2.95 bits per heavy atom. The molecule has 0 bridgehead atoms. The van der Waals surface area contributed by atoms with Gasteiger partial charge >= 0.3 is 0 Å². The van der Waals surface area contributed by atoms with Crippen LogP contribution in [0.2, 0.25) is 5.15 Å². The van der Waals surface area contributed by atoms with Crippen molar-refractivity contribution in [2.75, 3.05) is 0 Å². The van der Waals surface area contributed by atoms with Gasteiger partial charge in [-0.15, -0.1) is 0 Å². The van der Waals surface area contributed by atoms with Crippen LogP contribution in [0.5, 0.6) is 0 Å². The molecule has 102 valence electrons. The molecular weight excluding hydrogens is 280 g/mol. The molecule has 1 aliphatic heterocycles. The van der Waals surface area contributed by atoms with E-state index in [1.165, 1.54) is 12.3 Å². The molecule has 0 aliphatic carbocycles. The molecule has 0 spiro atoms. The summed E-state index contributed by atoms with van der Waals surface area (Å²) in [6.07, 6.45) is 9.32. The van der Waals surface area contributed by atoms with Crippen LogP contribution in [0.4, 0.5) is 0 Å². The Balaban J connectivity index is 1.83. The zero-order valence-corrected chi connectivity index (χ0v) is 11.1. The summed E-state index contributed by atoms with van der Waals surface area (Å²) in [5.41, 5.74) is 0.743. The van der Waals surface area contributed by atoms with E-state index >= 15 is 0 Å². The predicted molar refractivity (Wildman–Crippen MR) is 71.1 cm³/mol. The third-order valence-corrected chi connectivity index (χ3v) is 2.99. The molecule has 2 aromatic rings. The van der Waals surface area contributed by atoms with Gasteiger partial charge in [0.15, 0.2) is 0 Å². The maximum atomic E-state index is 11.5. The van der Waals surface area contributed by atoms with E-state index in [1.54, 1.807) is 35.5 Å². The van der Waals surface area contributed by atoms with E-state index in [0.29, 0.717) is 11.7 Å². The molecule has 8 heteroatoms. The van der Waals surface area contributed by atoms with Crippen molar-refractivity contribution < 1.29 is 4.79 Å². The highest BCUT2D eigenvalue weighted by Crippen LogP contribution is 2.16. The molecule has 7 nitrogen and oxygen atoms in total. The third kappa shape index (κ3) is 2.62. The average Bonchev–Trinajstić information content (AvgIpc) is 2.97. The van der Waals surface area contributed by atoms with E-state index in [4.69, 9.17) is 11.6 Å². The summed E-state index contributed by atoms with van der Waals surface area (Å²) in [5.74, 6) is -0.163. The number of nitrogens with zero attached hydrogens (tertiary/aromatic N) is 5. The Labute approximate surface area is 119 Å². The number of hydrogen-bond acceptors (Lipinski definition) is 5. The van der Waals surface area contributed by atoms with Crippen LogP contribution in [0, 0.1) is 0 Å². The first-order valence-electron chi connectivity index (χ1n) is 5.92. The molecule has 2 aromatic heterocycles. The summed E-state index contributed by atoms with van der Waals surface area (Å²) < 4.78 is 1.66. The van der Waals surface area contributed by atoms with Gasteiger partial charge in [-0.05, 0) is 6.07 Å². The maximum absolute atomic E-state index is 11.5. The van der Waals surface area contributed by atoms with Crippen LogP contribution in [0.3, 0.4) is 0 Å². The van der Waals surface area contributed by atoms with E-state index in [1.807, 2.05) is 4.90 Å². The zero-order valence-electron chi connectivity index (χ0n) is 10.3. The van der Waals surface area contributed by atoms with Gasteiger partial charge in [0.05, 0.1) is 24.6 Å².